The van der Waals surface area contributed by atoms with Gasteiger partial charge in [-0.05, 0) is 26.8 Å². The summed E-state index contributed by atoms with van der Waals surface area (Å²) in [7, 11) is 1.91. The molecule has 0 bridgehead atoms. The number of hydrogen-bond acceptors (Lipinski definition) is 3. The van der Waals surface area contributed by atoms with Crippen LogP contribution in [0.3, 0.4) is 0 Å². The lowest BCUT2D eigenvalue weighted by Gasteiger charge is -2.23. The van der Waals surface area contributed by atoms with Crippen LogP contribution < -0.4 is 11.1 Å². The highest BCUT2D eigenvalue weighted by molar-refractivity contribution is 7.80. The molecule has 1 saturated carbocycles. The number of hydrogen-bond donors (Lipinski definition) is 2. The van der Waals surface area contributed by atoms with E-state index in [9.17, 15) is 4.79 Å². The van der Waals surface area contributed by atoms with Gasteiger partial charge in [-0.25, -0.2) is 0 Å². The molecule has 86 valence electrons. The van der Waals surface area contributed by atoms with E-state index in [1.165, 1.54) is 0 Å². The predicted molar refractivity (Wildman–Crippen MR) is 64.7 cm³/mol. The van der Waals surface area contributed by atoms with Crippen molar-refractivity contribution in [3.63, 3.8) is 0 Å². The SMILES string of the molecule is CC(CC(N)=S)N(C)CC(=O)NC1CC1. The summed E-state index contributed by atoms with van der Waals surface area (Å²) < 4.78 is 0. The van der Waals surface area contributed by atoms with Gasteiger partial charge in [0.2, 0.25) is 5.91 Å². The van der Waals surface area contributed by atoms with E-state index in [0.717, 1.165) is 12.8 Å². The fourth-order valence-corrected chi connectivity index (χ4v) is 1.57. The smallest absolute Gasteiger partial charge is 0.234 e. The van der Waals surface area contributed by atoms with Gasteiger partial charge in [0.05, 0.1) is 11.5 Å². The average molecular weight is 229 g/mol. The summed E-state index contributed by atoms with van der Waals surface area (Å²) in [6, 6.07) is 0.643. The molecule has 0 aromatic carbocycles. The maximum Gasteiger partial charge on any atom is 0.234 e. The lowest BCUT2D eigenvalue weighted by atomic mass is 10.2. The van der Waals surface area contributed by atoms with Crippen molar-refractivity contribution in [3.8, 4) is 0 Å². The maximum atomic E-state index is 11.5. The number of carbonyl (C=O) groups is 1. The second-order valence-electron chi connectivity index (χ2n) is 4.28. The number of carbonyl (C=O) groups excluding carboxylic acids is 1. The monoisotopic (exact) mass is 229 g/mol. The zero-order chi connectivity index (χ0) is 11.4. The van der Waals surface area contributed by atoms with Crippen LogP contribution in [0.2, 0.25) is 0 Å². The lowest BCUT2D eigenvalue weighted by Crippen LogP contribution is -2.41. The standard InChI is InChI=1S/C10H19N3OS/c1-7(5-9(11)15)13(2)6-10(14)12-8-3-4-8/h7-8H,3-6H2,1-2H3,(H2,11,15)(H,12,14). The molecule has 1 fully saturated rings. The molecule has 0 heterocycles. The molecule has 0 aliphatic heterocycles. The van der Waals surface area contributed by atoms with Crippen molar-refractivity contribution in [1.29, 1.82) is 0 Å². The molecule has 1 amide bonds. The van der Waals surface area contributed by atoms with Crippen LogP contribution in [0, 0.1) is 0 Å². The summed E-state index contributed by atoms with van der Waals surface area (Å²) in [5, 5.41) is 2.95. The van der Waals surface area contributed by atoms with Gasteiger partial charge in [-0.15, -0.1) is 0 Å². The average Bonchev–Trinajstić information content (AvgIpc) is 2.86. The third-order valence-corrected chi connectivity index (χ3v) is 2.75. The Morgan fingerprint density at radius 1 is 1.67 bits per heavy atom. The van der Waals surface area contributed by atoms with Gasteiger partial charge >= 0.3 is 0 Å². The molecule has 0 spiro atoms. The van der Waals surface area contributed by atoms with E-state index in [2.05, 4.69) is 5.32 Å². The molecule has 0 aromatic heterocycles. The van der Waals surface area contributed by atoms with Crippen molar-refractivity contribution in [2.75, 3.05) is 13.6 Å². The summed E-state index contributed by atoms with van der Waals surface area (Å²) in [5.41, 5.74) is 5.46. The molecular formula is C10H19N3OS. The molecule has 4 nitrogen and oxygen atoms in total. The Balaban J connectivity index is 2.22. The highest BCUT2D eigenvalue weighted by Crippen LogP contribution is 2.18. The second-order valence-corrected chi connectivity index (χ2v) is 4.80. The van der Waals surface area contributed by atoms with Crippen LogP contribution in [0.4, 0.5) is 0 Å². The van der Waals surface area contributed by atoms with E-state index in [0.29, 0.717) is 24.0 Å². The van der Waals surface area contributed by atoms with E-state index in [1.54, 1.807) is 0 Å². The van der Waals surface area contributed by atoms with Crippen molar-refractivity contribution in [3.05, 3.63) is 0 Å². The van der Waals surface area contributed by atoms with Crippen molar-refractivity contribution < 1.29 is 4.79 Å². The molecule has 0 aromatic rings. The summed E-state index contributed by atoms with van der Waals surface area (Å²) in [6.45, 7) is 2.43. The Morgan fingerprint density at radius 2 is 2.27 bits per heavy atom. The minimum Gasteiger partial charge on any atom is -0.393 e. The third-order valence-electron chi connectivity index (χ3n) is 2.58. The highest BCUT2D eigenvalue weighted by atomic mass is 32.1. The highest BCUT2D eigenvalue weighted by Gasteiger charge is 2.24. The molecule has 1 rings (SSSR count). The molecule has 5 heteroatoms. The first-order valence-electron chi connectivity index (χ1n) is 5.27. The summed E-state index contributed by atoms with van der Waals surface area (Å²) in [5.74, 6) is 0.0924. The molecule has 0 radical (unpaired) electrons. The second kappa shape index (κ2) is 5.42. The Labute approximate surface area is 96.2 Å². The van der Waals surface area contributed by atoms with Gasteiger partial charge in [-0.3, -0.25) is 9.69 Å². The van der Waals surface area contributed by atoms with Gasteiger partial charge in [-0.2, -0.15) is 0 Å². The van der Waals surface area contributed by atoms with Crippen LogP contribution >= 0.6 is 12.2 Å². The van der Waals surface area contributed by atoms with Crippen molar-refractivity contribution in [1.82, 2.24) is 10.2 Å². The normalized spacial score (nSPS) is 17.5. The number of rotatable bonds is 6. The predicted octanol–water partition coefficient (Wildman–Crippen LogP) is 0.262. The number of nitrogens with two attached hydrogens (primary N) is 1. The van der Waals surface area contributed by atoms with Crippen molar-refractivity contribution >= 4 is 23.1 Å². The fraction of sp³-hybridized carbons (Fsp3) is 0.800. The zero-order valence-electron chi connectivity index (χ0n) is 9.32. The van der Waals surface area contributed by atoms with Crippen LogP contribution in [0.25, 0.3) is 0 Å². The number of nitrogens with one attached hydrogen (secondary N) is 1. The van der Waals surface area contributed by atoms with Crippen LogP contribution in [-0.4, -0.2) is 41.5 Å². The summed E-state index contributed by atoms with van der Waals surface area (Å²) in [4.78, 5) is 13.9. The van der Waals surface area contributed by atoms with Crippen LogP contribution in [0.1, 0.15) is 26.2 Å². The number of nitrogens with zero attached hydrogens (tertiary/aromatic N) is 1. The topological polar surface area (TPSA) is 58.4 Å². The van der Waals surface area contributed by atoms with E-state index >= 15 is 0 Å². The quantitative estimate of drug-likeness (QED) is 0.642. The first kappa shape index (κ1) is 12.4. The van der Waals surface area contributed by atoms with Crippen LogP contribution in [0.15, 0.2) is 0 Å². The number of amides is 1. The van der Waals surface area contributed by atoms with Gasteiger partial charge in [0.15, 0.2) is 0 Å². The van der Waals surface area contributed by atoms with Crippen LogP contribution in [-0.2, 0) is 4.79 Å². The molecule has 1 aliphatic carbocycles. The first-order valence-corrected chi connectivity index (χ1v) is 5.67. The van der Waals surface area contributed by atoms with Gasteiger partial charge in [0, 0.05) is 18.5 Å². The minimum absolute atomic E-state index is 0.0924. The summed E-state index contributed by atoms with van der Waals surface area (Å²) in [6.07, 6.45) is 2.90. The van der Waals surface area contributed by atoms with Crippen LogP contribution in [0.5, 0.6) is 0 Å². The Morgan fingerprint density at radius 3 is 2.73 bits per heavy atom. The van der Waals surface area contributed by atoms with Gasteiger partial charge in [0.25, 0.3) is 0 Å². The van der Waals surface area contributed by atoms with E-state index in [4.69, 9.17) is 18.0 Å². The van der Waals surface area contributed by atoms with E-state index in [-0.39, 0.29) is 11.9 Å². The maximum absolute atomic E-state index is 11.5. The fourth-order valence-electron chi connectivity index (χ4n) is 1.33. The molecule has 15 heavy (non-hydrogen) atoms. The largest absolute Gasteiger partial charge is 0.393 e. The molecule has 0 saturated heterocycles. The van der Waals surface area contributed by atoms with E-state index in [1.807, 2.05) is 18.9 Å². The minimum atomic E-state index is 0.0924. The van der Waals surface area contributed by atoms with Gasteiger partial charge in [0.1, 0.15) is 0 Å². The molecular weight excluding hydrogens is 210 g/mol. The molecule has 1 unspecified atom stereocenters. The van der Waals surface area contributed by atoms with Crippen molar-refractivity contribution in [2.24, 2.45) is 5.73 Å². The lowest BCUT2D eigenvalue weighted by molar-refractivity contribution is -0.122. The molecule has 1 atom stereocenters. The number of likely N-dealkylation sites (N-methyl/N-ethyl adjacent to an activating group) is 1. The summed E-state index contributed by atoms with van der Waals surface area (Å²) >= 11 is 4.84. The number of thiocarbonyl (C=S) groups is 1. The molecule has 3 N–H and O–H groups in total. The van der Waals surface area contributed by atoms with E-state index < -0.39 is 0 Å². The first-order chi connectivity index (χ1) is 6.99. The Hall–Kier alpha value is -0.680. The van der Waals surface area contributed by atoms with Crippen molar-refractivity contribution in [2.45, 2.75) is 38.3 Å². The Kier molecular flexibility index (Phi) is 4.47. The van der Waals surface area contributed by atoms with Gasteiger partial charge < -0.3 is 11.1 Å². The molecule has 1 aliphatic rings. The Bertz CT molecular complexity index is 253. The third kappa shape index (κ3) is 5.09. The van der Waals surface area contributed by atoms with Gasteiger partial charge in [-0.1, -0.05) is 12.2 Å². The zero-order valence-corrected chi connectivity index (χ0v) is 10.1.